The summed E-state index contributed by atoms with van der Waals surface area (Å²) in [6.07, 6.45) is 7.53. The molecule has 1 fully saturated rings. The molecular weight excluding hydrogens is 286 g/mol. The van der Waals surface area contributed by atoms with Gasteiger partial charge in [-0.15, -0.1) is 0 Å². The van der Waals surface area contributed by atoms with Crippen LogP contribution in [0, 0.1) is 5.92 Å². The van der Waals surface area contributed by atoms with E-state index >= 15 is 0 Å². The summed E-state index contributed by atoms with van der Waals surface area (Å²) in [4.78, 5) is 20.7. The van der Waals surface area contributed by atoms with Crippen LogP contribution < -0.4 is 5.73 Å². The number of Topliss-reactive ketones (excluding diaryl/α,β-unsaturated/α-hetero) is 1. The Kier molecular flexibility index (Phi) is 4.17. The van der Waals surface area contributed by atoms with Gasteiger partial charge < -0.3 is 5.73 Å². The number of nitrogens with two attached hydrogens (primary N) is 1. The van der Waals surface area contributed by atoms with Gasteiger partial charge in [-0.2, -0.15) is 0 Å². The molecule has 0 aliphatic heterocycles. The summed E-state index contributed by atoms with van der Waals surface area (Å²) in [5.41, 5.74) is 6.68. The van der Waals surface area contributed by atoms with E-state index in [1.807, 2.05) is 6.07 Å². The third kappa shape index (κ3) is 3.39. The average Bonchev–Trinajstić information content (AvgIpc) is 2.47. The van der Waals surface area contributed by atoms with Crippen molar-refractivity contribution < 1.29 is 4.79 Å². The molecule has 2 aromatic rings. The molecule has 0 unspecified atom stereocenters. The number of nitrogens with zero attached hydrogens (tertiary/aromatic N) is 2. The molecule has 110 valence electrons. The van der Waals surface area contributed by atoms with Crippen LogP contribution in [0.5, 0.6) is 0 Å². The Hall–Kier alpha value is -1.52. The summed E-state index contributed by atoms with van der Waals surface area (Å²) >= 11 is 5.90. The van der Waals surface area contributed by atoms with Crippen molar-refractivity contribution in [3.63, 3.8) is 0 Å². The predicted molar refractivity (Wildman–Crippen MR) is 83.2 cm³/mol. The largest absolute Gasteiger partial charge is 0.328 e. The Morgan fingerprint density at radius 1 is 1.14 bits per heavy atom. The van der Waals surface area contributed by atoms with Crippen molar-refractivity contribution in [3.8, 4) is 0 Å². The number of rotatable bonds is 3. The van der Waals surface area contributed by atoms with Crippen molar-refractivity contribution in [3.05, 3.63) is 35.4 Å². The fourth-order valence-electron chi connectivity index (χ4n) is 2.92. The van der Waals surface area contributed by atoms with E-state index in [9.17, 15) is 4.79 Å². The Morgan fingerprint density at radius 2 is 1.86 bits per heavy atom. The van der Waals surface area contributed by atoms with Gasteiger partial charge in [-0.3, -0.25) is 9.78 Å². The third-order valence-corrected chi connectivity index (χ3v) is 4.42. The quantitative estimate of drug-likeness (QED) is 0.885. The summed E-state index contributed by atoms with van der Waals surface area (Å²) in [7, 11) is 0. The van der Waals surface area contributed by atoms with Gasteiger partial charge in [-0.05, 0) is 43.2 Å². The highest BCUT2D eigenvalue weighted by Gasteiger charge is 2.24. The molecule has 1 aliphatic rings. The van der Waals surface area contributed by atoms with Crippen molar-refractivity contribution in [2.24, 2.45) is 11.7 Å². The van der Waals surface area contributed by atoms with Gasteiger partial charge in [-0.1, -0.05) is 11.6 Å². The van der Waals surface area contributed by atoms with Crippen LogP contribution in [0.4, 0.5) is 0 Å². The van der Waals surface area contributed by atoms with E-state index in [-0.39, 0.29) is 17.7 Å². The predicted octanol–water partition coefficient (Wildman–Crippen LogP) is 2.91. The van der Waals surface area contributed by atoms with E-state index in [2.05, 4.69) is 9.97 Å². The zero-order chi connectivity index (χ0) is 14.8. The van der Waals surface area contributed by atoms with E-state index in [1.165, 1.54) is 0 Å². The second-order valence-corrected chi connectivity index (χ2v) is 6.17. The van der Waals surface area contributed by atoms with Crippen molar-refractivity contribution in [1.82, 2.24) is 9.97 Å². The number of hydrogen-bond acceptors (Lipinski definition) is 4. The molecule has 1 aliphatic carbocycles. The highest BCUT2D eigenvalue weighted by atomic mass is 35.5. The van der Waals surface area contributed by atoms with Crippen LogP contribution in [-0.2, 0) is 11.2 Å². The summed E-state index contributed by atoms with van der Waals surface area (Å²) < 4.78 is 0. The van der Waals surface area contributed by atoms with E-state index in [1.54, 1.807) is 18.5 Å². The van der Waals surface area contributed by atoms with Crippen LogP contribution in [-0.4, -0.2) is 21.8 Å². The number of ketones is 1. The number of pyridine rings is 2. The van der Waals surface area contributed by atoms with Gasteiger partial charge in [0, 0.05) is 41.9 Å². The molecule has 0 spiro atoms. The molecule has 0 amide bonds. The van der Waals surface area contributed by atoms with Gasteiger partial charge in [0.2, 0.25) is 0 Å². The summed E-state index contributed by atoms with van der Waals surface area (Å²) in [6.45, 7) is 0. The van der Waals surface area contributed by atoms with Gasteiger partial charge in [-0.25, -0.2) is 4.98 Å². The van der Waals surface area contributed by atoms with Crippen LogP contribution in [0.25, 0.3) is 10.8 Å². The van der Waals surface area contributed by atoms with Crippen molar-refractivity contribution in [2.75, 3.05) is 0 Å². The molecule has 0 radical (unpaired) electrons. The minimum absolute atomic E-state index is 0.142. The highest BCUT2D eigenvalue weighted by Crippen LogP contribution is 2.25. The molecule has 0 saturated heterocycles. The number of carbonyl (C=O) groups is 1. The van der Waals surface area contributed by atoms with Crippen molar-refractivity contribution in [1.29, 1.82) is 0 Å². The molecule has 0 aromatic carbocycles. The normalized spacial score (nSPS) is 22.4. The molecule has 1 saturated carbocycles. The van der Waals surface area contributed by atoms with Gasteiger partial charge in [0.05, 0.1) is 0 Å². The van der Waals surface area contributed by atoms with E-state index < -0.39 is 0 Å². The van der Waals surface area contributed by atoms with E-state index in [0.29, 0.717) is 11.6 Å². The average molecular weight is 304 g/mol. The first kappa shape index (κ1) is 14.4. The van der Waals surface area contributed by atoms with E-state index in [0.717, 1.165) is 42.1 Å². The molecule has 5 heteroatoms. The van der Waals surface area contributed by atoms with Crippen LogP contribution in [0.3, 0.4) is 0 Å². The zero-order valence-electron chi connectivity index (χ0n) is 11.8. The number of halogens is 1. The molecule has 4 nitrogen and oxygen atoms in total. The third-order valence-electron chi connectivity index (χ3n) is 4.21. The minimum atomic E-state index is 0.142. The Labute approximate surface area is 128 Å². The smallest absolute Gasteiger partial charge is 0.141 e. The topological polar surface area (TPSA) is 68.9 Å². The Bertz CT molecular complexity index is 666. The summed E-state index contributed by atoms with van der Waals surface area (Å²) in [6, 6.07) is 3.99. The zero-order valence-corrected chi connectivity index (χ0v) is 12.5. The SMILES string of the molecule is NC1CCC(C(=O)Cc2cc3cc(Cl)ncc3cn2)CC1. The number of carbonyl (C=O) groups excluding carboxylic acids is 1. The molecule has 21 heavy (non-hydrogen) atoms. The first-order valence-corrected chi connectivity index (χ1v) is 7.68. The summed E-state index contributed by atoms with van der Waals surface area (Å²) in [5, 5.41) is 2.35. The molecule has 0 atom stereocenters. The fourth-order valence-corrected chi connectivity index (χ4v) is 3.08. The van der Waals surface area contributed by atoms with Crippen LogP contribution in [0.1, 0.15) is 31.4 Å². The molecule has 3 rings (SSSR count). The molecule has 2 aromatic heterocycles. The van der Waals surface area contributed by atoms with Crippen molar-refractivity contribution in [2.45, 2.75) is 38.1 Å². The maximum Gasteiger partial charge on any atom is 0.141 e. The maximum absolute atomic E-state index is 12.4. The Balaban J connectivity index is 1.73. The van der Waals surface area contributed by atoms with Crippen molar-refractivity contribution >= 4 is 28.2 Å². The van der Waals surface area contributed by atoms with Gasteiger partial charge in [0.1, 0.15) is 10.9 Å². The van der Waals surface area contributed by atoms with E-state index in [4.69, 9.17) is 17.3 Å². The monoisotopic (exact) mass is 303 g/mol. The minimum Gasteiger partial charge on any atom is -0.328 e. The molecule has 0 bridgehead atoms. The lowest BCUT2D eigenvalue weighted by molar-refractivity contribution is -0.123. The fraction of sp³-hybridized carbons (Fsp3) is 0.438. The summed E-state index contributed by atoms with van der Waals surface area (Å²) in [5.74, 6) is 0.414. The highest BCUT2D eigenvalue weighted by molar-refractivity contribution is 6.30. The lowest BCUT2D eigenvalue weighted by Gasteiger charge is -2.24. The second kappa shape index (κ2) is 6.08. The molecule has 2 N–H and O–H groups in total. The Morgan fingerprint density at radius 3 is 2.62 bits per heavy atom. The van der Waals surface area contributed by atoms with Gasteiger partial charge in [0.25, 0.3) is 0 Å². The molecule has 2 heterocycles. The second-order valence-electron chi connectivity index (χ2n) is 5.78. The number of fused-ring (bicyclic) bond motifs is 1. The maximum atomic E-state index is 12.4. The number of hydrogen-bond donors (Lipinski definition) is 1. The molecular formula is C16H18ClN3O. The lowest BCUT2D eigenvalue weighted by Crippen LogP contribution is -2.30. The van der Waals surface area contributed by atoms with Gasteiger partial charge >= 0.3 is 0 Å². The lowest BCUT2D eigenvalue weighted by atomic mass is 9.82. The first-order chi connectivity index (χ1) is 10.1. The number of aromatic nitrogens is 2. The van der Waals surface area contributed by atoms with Crippen LogP contribution in [0.15, 0.2) is 24.5 Å². The van der Waals surface area contributed by atoms with Crippen LogP contribution in [0.2, 0.25) is 5.15 Å². The van der Waals surface area contributed by atoms with Crippen LogP contribution >= 0.6 is 11.6 Å². The standard InChI is InChI=1S/C16H18ClN3O/c17-16-6-11-5-14(19-8-12(11)9-20-16)7-15(21)10-1-3-13(18)4-2-10/h5-6,8-10,13H,1-4,7,18H2. The first-order valence-electron chi connectivity index (χ1n) is 7.30. The van der Waals surface area contributed by atoms with Gasteiger partial charge in [0.15, 0.2) is 0 Å².